The fourth-order valence-corrected chi connectivity index (χ4v) is 2.16. The lowest BCUT2D eigenvalue weighted by Gasteiger charge is -2.15. The molecular weight excluding hydrogens is 238 g/mol. The second-order valence-electron chi connectivity index (χ2n) is 5.00. The number of methoxy groups -OCH3 is 1. The predicted molar refractivity (Wildman–Crippen MR) is 77.2 cm³/mol. The molecule has 0 fully saturated rings. The highest BCUT2D eigenvalue weighted by atomic mass is 16.5. The van der Waals surface area contributed by atoms with Crippen LogP contribution >= 0.6 is 0 Å². The van der Waals surface area contributed by atoms with Crippen molar-refractivity contribution in [1.29, 1.82) is 0 Å². The Hall–Kier alpha value is -1.81. The van der Waals surface area contributed by atoms with E-state index in [1.165, 1.54) is 0 Å². The number of imidazole rings is 1. The molecule has 2 rings (SSSR count). The monoisotopic (exact) mass is 259 g/mol. The molecule has 4 nitrogen and oxygen atoms in total. The molecule has 1 aromatic carbocycles. The molecule has 1 heterocycles. The van der Waals surface area contributed by atoms with Crippen LogP contribution in [0, 0.1) is 5.92 Å². The van der Waals surface area contributed by atoms with Gasteiger partial charge in [0.15, 0.2) is 0 Å². The number of aromatic nitrogens is 2. The van der Waals surface area contributed by atoms with E-state index in [0.717, 1.165) is 22.8 Å². The third-order valence-corrected chi connectivity index (χ3v) is 3.39. The van der Waals surface area contributed by atoms with Crippen molar-refractivity contribution >= 4 is 0 Å². The number of nitrogens with zero attached hydrogens (tertiary/aromatic N) is 1. The van der Waals surface area contributed by atoms with Gasteiger partial charge >= 0.3 is 0 Å². The molecule has 0 aliphatic carbocycles. The van der Waals surface area contributed by atoms with Gasteiger partial charge in [0.25, 0.3) is 0 Å². The minimum absolute atomic E-state index is 0.263. The quantitative estimate of drug-likeness (QED) is 0.867. The summed E-state index contributed by atoms with van der Waals surface area (Å²) < 4.78 is 5.24. The zero-order valence-electron chi connectivity index (χ0n) is 11.7. The van der Waals surface area contributed by atoms with Gasteiger partial charge in [-0.25, -0.2) is 4.98 Å². The third-order valence-electron chi connectivity index (χ3n) is 3.39. The molecule has 1 atom stereocenters. The van der Waals surface area contributed by atoms with Gasteiger partial charge in [-0.3, -0.25) is 0 Å². The summed E-state index contributed by atoms with van der Waals surface area (Å²) in [6, 6.07) is 7.92. The van der Waals surface area contributed by atoms with Crippen molar-refractivity contribution in [2.75, 3.05) is 13.7 Å². The van der Waals surface area contributed by atoms with E-state index in [1.807, 2.05) is 30.5 Å². The molecule has 0 aliphatic rings. The minimum Gasteiger partial charge on any atom is -0.497 e. The standard InChI is InChI=1S/C15H21N3O/c1-10(2)13(8-16)15-17-9-14(18-15)11-5-4-6-12(7-11)19-3/h4-7,9-10,13H,8,16H2,1-3H3,(H,17,18). The molecule has 19 heavy (non-hydrogen) atoms. The average molecular weight is 259 g/mol. The number of ether oxygens (including phenoxy) is 1. The Morgan fingerprint density at radius 3 is 2.79 bits per heavy atom. The number of rotatable bonds is 5. The van der Waals surface area contributed by atoms with Crippen LogP contribution in [0.2, 0.25) is 0 Å². The second kappa shape index (κ2) is 5.89. The summed E-state index contributed by atoms with van der Waals surface area (Å²) in [5.74, 6) is 2.52. The van der Waals surface area contributed by atoms with E-state index < -0.39 is 0 Å². The third kappa shape index (κ3) is 2.96. The summed E-state index contributed by atoms with van der Waals surface area (Å²) >= 11 is 0. The fraction of sp³-hybridized carbons (Fsp3) is 0.400. The van der Waals surface area contributed by atoms with E-state index in [-0.39, 0.29) is 5.92 Å². The lowest BCUT2D eigenvalue weighted by molar-refractivity contribution is 0.415. The smallest absolute Gasteiger partial charge is 0.119 e. The molecule has 4 heteroatoms. The van der Waals surface area contributed by atoms with Crippen LogP contribution in [-0.2, 0) is 0 Å². The lowest BCUT2D eigenvalue weighted by Crippen LogP contribution is -2.19. The van der Waals surface area contributed by atoms with Crippen LogP contribution in [0.1, 0.15) is 25.6 Å². The van der Waals surface area contributed by atoms with Gasteiger partial charge in [0.05, 0.1) is 19.0 Å². The molecule has 2 aromatic rings. The molecule has 0 aliphatic heterocycles. The summed E-state index contributed by atoms with van der Waals surface area (Å²) in [4.78, 5) is 7.83. The van der Waals surface area contributed by atoms with Gasteiger partial charge in [-0.15, -0.1) is 0 Å². The van der Waals surface area contributed by atoms with E-state index in [1.54, 1.807) is 7.11 Å². The maximum absolute atomic E-state index is 5.82. The highest BCUT2D eigenvalue weighted by Gasteiger charge is 2.17. The average Bonchev–Trinajstić information content (AvgIpc) is 2.89. The zero-order valence-corrected chi connectivity index (χ0v) is 11.7. The Balaban J connectivity index is 2.29. The molecule has 0 bridgehead atoms. The van der Waals surface area contributed by atoms with Gasteiger partial charge in [-0.1, -0.05) is 26.0 Å². The number of nitrogens with one attached hydrogen (secondary N) is 1. The van der Waals surface area contributed by atoms with Crippen molar-refractivity contribution in [3.63, 3.8) is 0 Å². The Labute approximate surface area is 114 Å². The maximum Gasteiger partial charge on any atom is 0.119 e. The summed E-state index contributed by atoms with van der Waals surface area (Å²) in [6.07, 6.45) is 1.86. The second-order valence-corrected chi connectivity index (χ2v) is 5.00. The first kappa shape index (κ1) is 13.6. The molecule has 0 saturated heterocycles. The number of hydrogen-bond acceptors (Lipinski definition) is 3. The SMILES string of the molecule is COc1cccc(-c2cnc(C(CN)C(C)C)[nH]2)c1. The number of nitrogens with two attached hydrogens (primary N) is 1. The number of hydrogen-bond donors (Lipinski definition) is 2. The van der Waals surface area contributed by atoms with Gasteiger partial charge < -0.3 is 15.5 Å². The van der Waals surface area contributed by atoms with Crippen LogP contribution in [0.4, 0.5) is 0 Å². The van der Waals surface area contributed by atoms with Crippen LogP contribution in [0.3, 0.4) is 0 Å². The Bertz CT molecular complexity index is 534. The lowest BCUT2D eigenvalue weighted by atomic mass is 9.95. The van der Waals surface area contributed by atoms with Crippen LogP contribution < -0.4 is 10.5 Å². The van der Waals surface area contributed by atoms with Crippen molar-refractivity contribution in [2.24, 2.45) is 11.7 Å². The van der Waals surface area contributed by atoms with Crippen molar-refractivity contribution in [2.45, 2.75) is 19.8 Å². The van der Waals surface area contributed by atoms with Crippen LogP contribution in [-0.4, -0.2) is 23.6 Å². The summed E-state index contributed by atoms with van der Waals surface area (Å²) in [6.45, 7) is 4.92. The number of H-pyrrole nitrogens is 1. The van der Waals surface area contributed by atoms with E-state index in [9.17, 15) is 0 Å². The zero-order chi connectivity index (χ0) is 13.8. The van der Waals surface area contributed by atoms with Crippen LogP contribution in [0.25, 0.3) is 11.3 Å². The van der Waals surface area contributed by atoms with Crippen molar-refractivity contribution in [3.8, 4) is 17.0 Å². The molecule has 0 radical (unpaired) electrons. The van der Waals surface area contributed by atoms with E-state index in [4.69, 9.17) is 10.5 Å². The molecular formula is C15H21N3O. The van der Waals surface area contributed by atoms with Crippen molar-refractivity contribution in [3.05, 3.63) is 36.3 Å². The molecule has 3 N–H and O–H groups in total. The molecule has 0 spiro atoms. The molecule has 0 amide bonds. The van der Waals surface area contributed by atoms with Crippen LogP contribution in [0.5, 0.6) is 5.75 Å². The molecule has 102 valence electrons. The highest BCUT2D eigenvalue weighted by Crippen LogP contribution is 2.26. The van der Waals surface area contributed by atoms with E-state index >= 15 is 0 Å². The van der Waals surface area contributed by atoms with Gasteiger partial charge in [-0.05, 0) is 18.1 Å². The van der Waals surface area contributed by atoms with Crippen molar-refractivity contribution < 1.29 is 4.74 Å². The highest BCUT2D eigenvalue weighted by molar-refractivity contribution is 5.60. The molecule has 0 saturated carbocycles. The minimum atomic E-state index is 0.263. The van der Waals surface area contributed by atoms with E-state index in [0.29, 0.717) is 12.5 Å². The van der Waals surface area contributed by atoms with Gasteiger partial charge in [0.2, 0.25) is 0 Å². The fourth-order valence-electron chi connectivity index (χ4n) is 2.16. The summed E-state index contributed by atoms with van der Waals surface area (Å²) in [5, 5.41) is 0. The predicted octanol–water partition coefficient (Wildman–Crippen LogP) is 2.78. The maximum atomic E-state index is 5.82. The Morgan fingerprint density at radius 1 is 1.37 bits per heavy atom. The van der Waals surface area contributed by atoms with Gasteiger partial charge in [-0.2, -0.15) is 0 Å². The van der Waals surface area contributed by atoms with Gasteiger partial charge in [0, 0.05) is 18.0 Å². The molecule has 1 aromatic heterocycles. The number of aromatic amines is 1. The Morgan fingerprint density at radius 2 is 2.16 bits per heavy atom. The first-order valence-electron chi connectivity index (χ1n) is 6.55. The van der Waals surface area contributed by atoms with Crippen LogP contribution in [0.15, 0.2) is 30.5 Å². The largest absolute Gasteiger partial charge is 0.497 e. The first-order valence-corrected chi connectivity index (χ1v) is 6.55. The van der Waals surface area contributed by atoms with Gasteiger partial charge in [0.1, 0.15) is 11.6 Å². The Kier molecular flexibility index (Phi) is 4.22. The first-order chi connectivity index (χ1) is 9.15. The summed E-state index contributed by atoms with van der Waals surface area (Å²) in [5.41, 5.74) is 7.88. The normalized spacial score (nSPS) is 12.7. The topological polar surface area (TPSA) is 63.9 Å². The van der Waals surface area contributed by atoms with E-state index in [2.05, 4.69) is 23.8 Å². The molecule has 1 unspecified atom stereocenters. The number of benzene rings is 1. The summed E-state index contributed by atoms with van der Waals surface area (Å²) in [7, 11) is 1.67. The van der Waals surface area contributed by atoms with Crippen molar-refractivity contribution in [1.82, 2.24) is 9.97 Å².